The minimum Gasteiger partial charge on any atom is -0.285 e. The van der Waals surface area contributed by atoms with Crippen LogP contribution < -0.4 is 10.4 Å². The van der Waals surface area contributed by atoms with Crippen molar-refractivity contribution < 1.29 is 9.59 Å². The highest BCUT2D eigenvalue weighted by atomic mass is 16.2. The van der Waals surface area contributed by atoms with Gasteiger partial charge in [-0.05, 0) is 34.7 Å². The summed E-state index contributed by atoms with van der Waals surface area (Å²) in [5.74, 6) is -1.15. The van der Waals surface area contributed by atoms with Crippen LogP contribution in [-0.4, -0.2) is 24.0 Å². The van der Waals surface area contributed by atoms with Crippen LogP contribution in [0.15, 0.2) is 94.9 Å². The van der Waals surface area contributed by atoms with E-state index >= 15 is 0 Å². The molecule has 4 rings (SSSR count). The first-order valence-corrected chi connectivity index (χ1v) is 8.85. The first kappa shape index (κ1) is 17.5. The summed E-state index contributed by atoms with van der Waals surface area (Å²) in [7, 11) is 0. The van der Waals surface area contributed by atoms with Crippen LogP contribution in [-0.2, 0) is 9.59 Å². The molecule has 0 heterocycles. The summed E-state index contributed by atoms with van der Waals surface area (Å²) < 4.78 is 0. The number of rotatable bonds is 4. The summed E-state index contributed by atoms with van der Waals surface area (Å²) in [4.78, 5) is 34.2. The number of para-hydroxylation sites is 2. The Bertz CT molecular complexity index is 1130. The average Bonchev–Trinajstić information content (AvgIpc) is 2.75. The molecule has 1 aliphatic carbocycles. The lowest BCUT2D eigenvalue weighted by atomic mass is 9.92. The topological polar surface area (TPSA) is 58.9 Å². The smallest absolute Gasteiger partial charge is 0.235 e. The molecule has 0 saturated carbocycles. The summed E-state index contributed by atoms with van der Waals surface area (Å²) >= 11 is 0. The third kappa shape index (κ3) is 3.48. The Morgan fingerprint density at radius 1 is 0.500 bits per heavy atom. The molecule has 0 aromatic heterocycles. The Morgan fingerprint density at radius 3 is 1.25 bits per heavy atom. The van der Waals surface area contributed by atoms with Gasteiger partial charge in [0.25, 0.3) is 0 Å². The molecule has 0 spiro atoms. The molecule has 4 heteroatoms. The third-order valence-electron chi connectivity index (χ3n) is 4.40. The van der Waals surface area contributed by atoms with Crippen molar-refractivity contribution in [3.05, 3.63) is 95.4 Å². The van der Waals surface area contributed by atoms with Crippen LogP contribution in [0.5, 0.6) is 0 Å². The van der Waals surface area contributed by atoms with Crippen LogP contribution in [0.2, 0.25) is 0 Å². The first-order chi connectivity index (χ1) is 13.7. The third-order valence-corrected chi connectivity index (χ3v) is 4.40. The Kier molecular flexibility index (Phi) is 4.85. The van der Waals surface area contributed by atoms with Gasteiger partial charge in [-0.15, -0.1) is 0 Å². The second-order valence-electron chi connectivity index (χ2n) is 6.22. The van der Waals surface area contributed by atoms with Crippen LogP contribution in [0.1, 0.15) is 0 Å². The number of fused-ring (bicyclic) bond motifs is 1. The molecule has 28 heavy (non-hydrogen) atoms. The number of carbonyl (C=O) groups is 2. The molecule has 0 radical (unpaired) electrons. The fraction of sp³-hybridized carbons (Fsp3) is 0. The highest BCUT2D eigenvalue weighted by molar-refractivity contribution is 6.72. The van der Waals surface area contributed by atoms with E-state index in [0.29, 0.717) is 33.0 Å². The zero-order valence-electron chi connectivity index (χ0n) is 14.9. The minimum absolute atomic E-state index is 0.293. The van der Waals surface area contributed by atoms with Gasteiger partial charge < -0.3 is 0 Å². The van der Waals surface area contributed by atoms with E-state index in [1.807, 2.05) is 84.9 Å². The molecule has 3 aromatic rings. The lowest BCUT2D eigenvalue weighted by Gasteiger charge is -2.09. The Hall–Kier alpha value is -3.92. The van der Waals surface area contributed by atoms with E-state index in [2.05, 4.69) is 9.98 Å². The average molecular weight is 364 g/mol. The van der Waals surface area contributed by atoms with Gasteiger partial charge in [0.1, 0.15) is 0 Å². The fourth-order valence-corrected chi connectivity index (χ4v) is 3.00. The highest BCUT2D eigenvalue weighted by Gasteiger charge is 2.26. The maximum Gasteiger partial charge on any atom is 0.235 e. The molecule has 1 aliphatic rings. The van der Waals surface area contributed by atoms with E-state index < -0.39 is 11.6 Å². The maximum atomic E-state index is 12.8. The number of aliphatic imine (C=N–C) groups is 2. The zero-order chi connectivity index (χ0) is 19.3. The SMILES string of the molecule is O=C1C(=O)C(C=Nc2ccccc2)=c2ccccc2=C1C=Nc1ccccc1. The largest absolute Gasteiger partial charge is 0.285 e. The number of Topliss-reactive ketones (excluding diaryl/α,β-unsaturated/α-hetero) is 2. The number of benzene rings is 3. The van der Waals surface area contributed by atoms with Gasteiger partial charge in [0, 0.05) is 12.4 Å². The van der Waals surface area contributed by atoms with Gasteiger partial charge in [0.2, 0.25) is 11.6 Å². The molecular formula is C24H16N2O2. The molecule has 0 aliphatic heterocycles. The van der Waals surface area contributed by atoms with Gasteiger partial charge in [-0.3, -0.25) is 19.6 Å². The molecule has 0 atom stereocenters. The van der Waals surface area contributed by atoms with Gasteiger partial charge in [-0.25, -0.2) is 0 Å². The van der Waals surface area contributed by atoms with E-state index in [9.17, 15) is 9.59 Å². The normalized spacial score (nSPS) is 14.1. The molecule has 0 unspecified atom stereocenters. The molecule has 4 nitrogen and oxygen atoms in total. The standard InChI is InChI=1S/C24H16N2O2/c27-23-21(15-25-17-9-3-1-4-10-17)19-13-7-8-14-20(19)22(24(23)28)16-26-18-11-5-2-6-12-18/h1-16H. The molecule has 0 amide bonds. The number of ketones is 2. The molecule has 134 valence electrons. The summed E-state index contributed by atoms with van der Waals surface area (Å²) in [6.45, 7) is 0. The summed E-state index contributed by atoms with van der Waals surface area (Å²) in [5.41, 5.74) is 2.02. The summed E-state index contributed by atoms with van der Waals surface area (Å²) in [6, 6.07) is 25.9. The van der Waals surface area contributed by atoms with Crippen molar-refractivity contribution >= 4 is 46.5 Å². The highest BCUT2D eigenvalue weighted by Crippen LogP contribution is 2.13. The molecule has 0 fully saturated rings. The second-order valence-corrected chi connectivity index (χ2v) is 6.22. The number of hydrogen-bond donors (Lipinski definition) is 0. The minimum atomic E-state index is -0.576. The molecule has 0 saturated heterocycles. The van der Waals surface area contributed by atoms with Crippen LogP contribution in [0.4, 0.5) is 11.4 Å². The van der Waals surface area contributed by atoms with Gasteiger partial charge in [-0.1, -0.05) is 60.7 Å². The van der Waals surface area contributed by atoms with Gasteiger partial charge in [0.05, 0.1) is 22.5 Å². The number of hydrogen-bond acceptors (Lipinski definition) is 4. The fourth-order valence-electron chi connectivity index (χ4n) is 3.00. The number of carbonyl (C=O) groups excluding carboxylic acids is 2. The van der Waals surface area contributed by atoms with Gasteiger partial charge >= 0.3 is 0 Å². The maximum absolute atomic E-state index is 12.8. The van der Waals surface area contributed by atoms with Crippen molar-refractivity contribution in [3.8, 4) is 0 Å². The van der Waals surface area contributed by atoms with Crippen LogP contribution >= 0.6 is 0 Å². The lowest BCUT2D eigenvalue weighted by Crippen LogP contribution is -2.41. The molecule has 0 bridgehead atoms. The van der Waals surface area contributed by atoms with Crippen molar-refractivity contribution in [2.45, 2.75) is 0 Å². The summed E-state index contributed by atoms with van der Waals surface area (Å²) in [5, 5.41) is 1.36. The lowest BCUT2D eigenvalue weighted by molar-refractivity contribution is -0.129. The Morgan fingerprint density at radius 2 is 0.857 bits per heavy atom. The van der Waals surface area contributed by atoms with E-state index in [1.54, 1.807) is 0 Å². The van der Waals surface area contributed by atoms with E-state index in [1.165, 1.54) is 12.4 Å². The predicted molar refractivity (Wildman–Crippen MR) is 112 cm³/mol. The van der Waals surface area contributed by atoms with Crippen LogP contribution in [0, 0.1) is 0 Å². The van der Waals surface area contributed by atoms with Crippen molar-refractivity contribution in [2.24, 2.45) is 9.98 Å². The Balaban J connectivity index is 1.87. The van der Waals surface area contributed by atoms with Gasteiger partial charge in [0.15, 0.2) is 0 Å². The van der Waals surface area contributed by atoms with E-state index in [0.717, 1.165) is 0 Å². The van der Waals surface area contributed by atoms with Gasteiger partial charge in [-0.2, -0.15) is 0 Å². The van der Waals surface area contributed by atoms with E-state index in [4.69, 9.17) is 0 Å². The van der Waals surface area contributed by atoms with Crippen molar-refractivity contribution in [2.75, 3.05) is 0 Å². The molecule has 0 N–H and O–H groups in total. The quantitative estimate of drug-likeness (QED) is 0.528. The molecular weight excluding hydrogens is 348 g/mol. The van der Waals surface area contributed by atoms with Crippen molar-refractivity contribution in [1.29, 1.82) is 0 Å². The first-order valence-electron chi connectivity index (χ1n) is 8.85. The van der Waals surface area contributed by atoms with Crippen LogP contribution in [0.3, 0.4) is 0 Å². The van der Waals surface area contributed by atoms with Crippen LogP contribution in [0.25, 0.3) is 11.1 Å². The number of nitrogens with zero attached hydrogens (tertiary/aromatic N) is 2. The van der Waals surface area contributed by atoms with Crippen molar-refractivity contribution in [3.63, 3.8) is 0 Å². The zero-order valence-corrected chi connectivity index (χ0v) is 14.9. The summed E-state index contributed by atoms with van der Waals surface area (Å²) in [6.07, 6.45) is 2.94. The Labute approximate surface area is 161 Å². The van der Waals surface area contributed by atoms with Crippen molar-refractivity contribution in [1.82, 2.24) is 0 Å². The molecule has 3 aromatic carbocycles. The van der Waals surface area contributed by atoms with E-state index in [-0.39, 0.29) is 0 Å². The predicted octanol–water partition coefficient (Wildman–Crippen LogP) is 2.94. The second kappa shape index (κ2) is 7.76. The monoisotopic (exact) mass is 364 g/mol.